The van der Waals surface area contributed by atoms with Gasteiger partial charge in [-0.05, 0) is 32.6 Å². The monoisotopic (exact) mass is 252 g/mol. The summed E-state index contributed by atoms with van der Waals surface area (Å²) in [6.45, 7) is 12.9. The molecule has 0 atom stereocenters. The fraction of sp³-hybridized carbons (Fsp3) is 0.714. The number of hydrogen-bond acceptors (Lipinski definition) is 4. The van der Waals surface area contributed by atoms with Gasteiger partial charge in [0.15, 0.2) is 0 Å². The molecule has 18 heavy (non-hydrogen) atoms. The molecule has 0 unspecified atom stereocenters. The molecule has 0 aliphatic rings. The first-order valence-electron chi connectivity index (χ1n) is 6.43. The highest BCUT2D eigenvalue weighted by molar-refractivity contribution is 5.74. The molecule has 0 heterocycles. The molecule has 0 spiro atoms. The summed E-state index contributed by atoms with van der Waals surface area (Å²) in [5.41, 5.74) is -0.0660. The average Bonchev–Trinajstić information content (AvgIpc) is 2.25. The summed E-state index contributed by atoms with van der Waals surface area (Å²) in [6.07, 6.45) is 1.01. The van der Waals surface area contributed by atoms with Gasteiger partial charge in [0.1, 0.15) is 11.4 Å². The second kappa shape index (κ2) is 4.75. The maximum Gasteiger partial charge on any atom is 0.253 e. The van der Waals surface area contributed by atoms with E-state index in [4.69, 9.17) is 0 Å². The van der Waals surface area contributed by atoms with Gasteiger partial charge < -0.3 is 10.6 Å². The van der Waals surface area contributed by atoms with Crippen molar-refractivity contribution in [2.75, 3.05) is 17.2 Å². The lowest BCUT2D eigenvalue weighted by Crippen LogP contribution is -2.42. The summed E-state index contributed by atoms with van der Waals surface area (Å²) in [7, 11) is 0. The topological polar surface area (TPSA) is 58.2 Å². The van der Waals surface area contributed by atoms with Crippen LogP contribution in [0.25, 0.3) is 0 Å². The third-order valence-corrected chi connectivity index (χ3v) is 3.11. The lowest BCUT2D eigenvalue weighted by Gasteiger charge is -2.27. The summed E-state index contributed by atoms with van der Waals surface area (Å²) < 4.78 is 0. The summed E-state index contributed by atoms with van der Waals surface area (Å²) in [4.78, 5) is 23.1. The molecular formula is C14H24N2O2. The Balaban J connectivity index is 2.82. The second-order valence-electron chi connectivity index (χ2n) is 6.65. The highest BCUT2D eigenvalue weighted by Crippen LogP contribution is 2.23. The lowest BCUT2D eigenvalue weighted by molar-refractivity contribution is 0.377. The van der Waals surface area contributed by atoms with E-state index in [0.717, 1.165) is 6.42 Å². The summed E-state index contributed by atoms with van der Waals surface area (Å²) in [5, 5.41) is 6.20. The minimum absolute atomic E-state index is 0.110. The van der Waals surface area contributed by atoms with Crippen LogP contribution in [-0.2, 0) is 0 Å². The van der Waals surface area contributed by atoms with Gasteiger partial charge >= 0.3 is 0 Å². The van der Waals surface area contributed by atoms with Crippen molar-refractivity contribution in [3.8, 4) is 0 Å². The molecule has 0 saturated heterocycles. The Kier molecular flexibility index (Phi) is 3.89. The van der Waals surface area contributed by atoms with Crippen molar-refractivity contribution in [3.05, 3.63) is 20.4 Å². The lowest BCUT2D eigenvalue weighted by atomic mass is 9.90. The molecule has 0 aliphatic carbocycles. The molecule has 0 fully saturated rings. The highest BCUT2D eigenvalue weighted by Gasteiger charge is 2.25. The maximum atomic E-state index is 11.6. The normalized spacial score (nSPS) is 12.8. The number of rotatable bonds is 5. The van der Waals surface area contributed by atoms with Gasteiger partial charge in [-0.25, -0.2) is 0 Å². The first-order valence-corrected chi connectivity index (χ1v) is 6.43. The summed E-state index contributed by atoms with van der Waals surface area (Å²) in [5.74, 6) is 0. The van der Waals surface area contributed by atoms with Crippen LogP contribution in [0, 0.1) is 5.41 Å². The number of anilines is 2. The van der Waals surface area contributed by atoms with Crippen LogP contribution in [0.1, 0.15) is 48.0 Å². The van der Waals surface area contributed by atoms with Crippen LogP contribution in [0.3, 0.4) is 0 Å². The fourth-order valence-corrected chi connectivity index (χ4v) is 1.51. The third-order valence-electron chi connectivity index (χ3n) is 3.11. The van der Waals surface area contributed by atoms with Crippen molar-refractivity contribution in [1.29, 1.82) is 0 Å². The van der Waals surface area contributed by atoms with Crippen LogP contribution < -0.4 is 21.5 Å². The summed E-state index contributed by atoms with van der Waals surface area (Å²) in [6, 6.07) is 0. The minimum atomic E-state index is -0.415. The van der Waals surface area contributed by atoms with E-state index < -0.39 is 10.9 Å². The molecule has 0 amide bonds. The zero-order chi connectivity index (χ0) is 14.1. The molecule has 0 radical (unpaired) electrons. The van der Waals surface area contributed by atoms with Crippen molar-refractivity contribution in [2.45, 2.75) is 53.5 Å². The van der Waals surface area contributed by atoms with Gasteiger partial charge in [-0.1, -0.05) is 20.8 Å². The molecule has 2 N–H and O–H groups in total. The largest absolute Gasteiger partial charge is 0.379 e. The minimum Gasteiger partial charge on any atom is -0.379 e. The van der Waals surface area contributed by atoms with E-state index in [2.05, 4.69) is 31.4 Å². The van der Waals surface area contributed by atoms with E-state index in [-0.39, 0.29) is 11.0 Å². The molecule has 0 aliphatic heterocycles. The van der Waals surface area contributed by atoms with Crippen LogP contribution in [0.4, 0.5) is 11.4 Å². The van der Waals surface area contributed by atoms with Gasteiger partial charge in [0.25, 0.3) is 10.9 Å². The first-order chi connectivity index (χ1) is 8.07. The molecule has 0 aromatic heterocycles. The van der Waals surface area contributed by atoms with Gasteiger partial charge in [-0.2, -0.15) is 0 Å². The summed E-state index contributed by atoms with van der Waals surface area (Å²) >= 11 is 0. The highest BCUT2D eigenvalue weighted by atomic mass is 16.2. The Morgan fingerprint density at radius 2 is 1.44 bits per heavy atom. The first kappa shape index (κ1) is 14.7. The van der Waals surface area contributed by atoms with Crippen LogP contribution in [0.2, 0.25) is 0 Å². The second-order valence-corrected chi connectivity index (χ2v) is 6.65. The van der Waals surface area contributed by atoms with Crippen LogP contribution in [0.15, 0.2) is 9.59 Å². The SMILES string of the molecule is CCC(C)(C)CNc1c(NC(C)(C)C)c(=O)c1=O. The van der Waals surface area contributed by atoms with Crippen LogP contribution in [0.5, 0.6) is 0 Å². The van der Waals surface area contributed by atoms with Crippen molar-refractivity contribution < 1.29 is 0 Å². The molecule has 0 bridgehead atoms. The average molecular weight is 252 g/mol. The van der Waals surface area contributed by atoms with E-state index >= 15 is 0 Å². The van der Waals surface area contributed by atoms with Crippen molar-refractivity contribution >= 4 is 11.4 Å². The van der Waals surface area contributed by atoms with Crippen LogP contribution in [-0.4, -0.2) is 12.1 Å². The molecule has 0 saturated carbocycles. The standard InChI is InChI=1S/C14H24N2O2/c1-7-14(5,6)8-15-9-10(12(18)11(9)17)16-13(2,3)4/h15-16H,7-8H2,1-6H3. The van der Waals surface area contributed by atoms with Gasteiger partial charge in [0.2, 0.25) is 0 Å². The predicted octanol–water partition coefficient (Wildman–Crippen LogP) is 2.34. The van der Waals surface area contributed by atoms with Crippen molar-refractivity contribution in [3.63, 3.8) is 0 Å². The molecule has 1 rings (SSSR count). The van der Waals surface area contributed by atoms with E-state index in [9.17, 15) is 9.59 Å². The number of hydrogen-bond donors (Lipinski definition) is 2. The fourth-order valence-electron chi connectivity index (χ4n) is 1.51. The van der Waals surface area contributed by atoms with Crippen LogP contribution >= 0.6 is 0 Å². The molecule has 4 heteroatoms. The van der Waals surface area contributed by atoms with Gasteiger partial charge in [-0.15, -0.1) is 0 Å². The third kappa shape index (κ3) is 3.34. The van der Waals surface area contributed by atoms with E-state index in [1.807, 2.05) is 20.8 Å². The number of nitrogens with one attached hydrogen (secondary N) is 2. The quantitative estimate of drug-likeness (QED) is 0.790. The molecule has 1 aromatic carbocycles. The van der Waals surface area contributed by atoms with Crippen molar-refractivity contribution in [2.24, 2.45) is 5.41 Å². The maximum absolute atomic E-state index is 11.6. The molecule has 1 aromatic rings. The van der Waals surface area contributed by atoms with Gasteiger partial charge in [0.05, 0.1) is 0 Å². The molecular weight excluding hydrogens is 228 g/mol. The predicted molar refractivity (Wildman–Crippen MR) is 77.3 cm³/mol. The smallest absolute Gasteiger partial charge is 0.253 e. The van der Waals surface area contributed by atoms with Gasteiger partial charge in [0, 0.05) is 12.1 Å². The Labute approximate surface area is 108 Å². The van der Waals surface area contributed by atoms with E-state index in [1.165, 1.54) is 0 Å². The van der Waals surface area contributed by atoms with Gasteiger partial charge in [-0.3, -0.25) is 9.59 Å². The molecule has 102 valence electrons. The Morgan fingerprint density at radius 1 is 0.944 bits per heavy atom. The zero-order valence-electron chi connectivity index (χ0n) is 12.2. The Bertz CT molecular complexity index is 488. The van der Waals surface area contributed by atoms with E-state index in [0.29, 0.717) is 17.9 Å². The zero-order valence-corrected chi connectivity index (χ0v) is 12.2. The Morgan fingerprint density at radius 3 is 1.89 bits per heavy atom. The van der Waals surface area contributed by atoms with Crippen molar-refractivity contribution in [1.82, 2.24) is 0 Å². The van der Waals surface area contributed by atoms with E-state index in [1.54, 1.807) is 0 Å². The molecule has 4 nitrogen and oxygen atoms in total. The Hall–Kier alpha value is -1.32.